The molecular formula is C24H20N8O. The number of anilines is 1. The molecule has 5 heterocycles. The van der Waals surface area contributed by atoms with Gasteiger partial charge in [-0.1, -0.05) is 0 Å². The molecule has 0 aliphatic carbocycles. The normalized spacial score (nSPS) is 13.7. The summed E-state index contributed by atoms with van der Waals surface area (Å²) in [6.45, 7) is 2.47. The molecule has 9 heteroatoms. The van der Waals surface area contributed by atoms with Gasteiger partial charge in [-0.05, 0) is 24.1 Å². The molecule has 1 aliphatic rings. The number of aryl methyl sites for hydroxylation is 1. The Kier molecular flexibility index (Phi) is 5.00. The fourth-order valence-corrected chi connectivity index (χ4v) is 4.09. The van der Waals surface area contributed by atoms with Gasteiger partial charge >= 0.3 is 0 Å². The Balaban J connectivity index is 1.49. The molecule has 0 atom stereocenters. The van der Waals surface area contributed by atoms with Crippen LogP contribution in [-0.4, -0.2) is 61.1 Å². The predicted octanol–water partition coefficient (Wildman–Crippen LogP) is 1.95. The monoisotopic (exact) mass is 436 g/mol. The van der Waals surface area contributed by atoms with Crippen LogP contribution in [0.15, 0.2) is 49.3 Å². The summed E-state index contributed by atoms with van der Waals surface area (Å²) in [6, 6.07) is 8.19. The molecule has 1 saturated heterocycles. The lowest BCUT2D eigenvalue weighted by molar-refractivity contribution is -0.125. The number of pyridine rings is 2. The van der Waals surface area contributed by atoms with Gasteiger partial charge in [0, 0.05) is 68.5 Å². The number of imidazole rings is 1. The van der Waals surface area contributed by atoms with Gasteiger partial charge in [-0.15, -0.1) is 6.42 Å². The molecule has 0 bridgehead atoms. The van der Waals surface area contributed by atoms with E-state index in [1.54, 1.807) is 28.1 Å². The van der Waals surface area contributed by atoms with Crippen molar-refractivity contribution >= 4 is 17.2 Å². The molecule has 4 aromatic heterocycles. The Hall–Kier alpha value is -4.63. The third-order valence-electron chi connectivity index (χ3n) is 5.81. The van der Waals surface area contributed by atoms with Crippen molar-refractivity contribution in [1.82, 2.24) is 29.0 Å². The van der Waals surface area contributed by atoms with Crippen molar-refractivity contribution in [1.29, 1.82) is 5.26 Å². The van der Waals surface area contributed by atoms with Crippen LogP contribution in [0.4, 0.5) is 5.82 Å². The second-order valence-corrected chi connectivity index (χ2v) is 7.86. The standard InChI is InChI=1S/C24H20N8O/c1-3-23(33)31-8-6-30(7-9-31)22-5-4-17(12-26-22)20-10-18(21-15-29(2)16-27-21)14-32-24(20)19(11-25)13-28-32/h1,4-5,10,12-16H,6-9H2,2H3. The number of hydrogen-bond acceptors (Lipinski definition) is 6. The molecule has 4 aromatic rings. The van der Waals surface area contributed by atoms with Crippen molar-refractivity contribution in [2.45, 2.75) is 0 Å². The number of aromatic nitrogens is 5. The first-order valence-corrected chi connectivity index (χ1v) is 10.4. The number of piperazine rings is 1. The topological polar surface area (TPSA) is 95.4 Å². The quantitative estimate of drug-likeness (QED) is 0.456. The van der Waals surface area contributed by atoms with Crippen LogP contribution in [0.3, 0.4) is 0 Å². The average Bonchev–Trinajstić information content (AvgIpc) is 3.49. The first-order valence-electron chi connectivity index (χ1n) is 10.4. The SMILES string of the molecule is C#CC(=O)N1CCN(c2ccc(-c3cc(-c4cn(C)cn4)cn4ncc(C#N)c34)cn2)CC1. The zero-order valence-corrected chi connectivity index (χ0v) is 18.0. The van der Waals surface area contributed by atoms with Gasteiger partial charge in [0.15, 0.2) is 0 Å². The van der Waals surface area contributed by atoms with E-state index in [2.05, 4.69) is 32.0 Å². The van der Waals surface area contributed by atoms with Gasteiger partial charge < -0.3 is 14.4 Å². The number of nitriles is 1. The maximum atomic E-state index is 11.7. The fourth-order valence-electron chi connectivity index (χ4n) is 4.09. The van der Waals surface area contributed by atoms with E-state index in [1.165, 1.54) is 0 Å². The number of carbonyl (C=O) groups excluding carboxylic acids is 1. The fraction of sp³-hybridized carbons (Fsp3) is 0.208. The maximum Gasteiger partial charge on any atom is 0.298 e. The van der Waals surface area contributed by atoms with Gasteiger partial charge in [-0.25, -0.2) is 14.5 Å². The van der Waals surface area contributed by atoms with Crippen molar-refractivity contribution in [3.8, 4) is 40.8 Å². The summed E-state index contributed by atoms with van der Waals surface area (Å²) in [6.07, 6.45) is 14.2. The average molecular weight is 436 g/mol. The second kappa shape index (κ2) is 8.13. The van der Waals surface area contributed by atoms with Crippen LogP contribution >= 0.6 is 0 Å². The molecular weight excluding hydrogens is 416 g/mol. The molecule has 5 rings (SSSR count). The van der Waals surface area contributed by atoms with Crippen molar-refractivity contribution in [3.63, 3.8) is 0 Å². The summed E-state index contributed by atoms with van der Waals surface area (Å²) >= 11 is 0. The molecule has 162 valence electrons. The number of carbonyl (C=O) groups is 1. The number of amides is 1. The van der Waals surface area contributed by atoms with Crippen LogP contribution in [0.5, 0.6) is 0 Å². The van der Waals surface area contributed by atoms with E-state index in [0.717, 1.165) is 33.7 Å². The van der Waals surface area contributed by atoms with Gasteiger partial charge in [-0.2, -0.15) is 10.4 Å². The highest BCUT2D eigenvalue weighted by Crippen LogP contribution is 2.32. The highest BCUT2D eigenvalue weighted by molar-refractivity contribution is 5.93. The molecule has 1 fully saturated rings. The number of terminal acetylenes is 1. The first kappa shape index (κ1) is 20.3. The third kappa shape index (κ3) is 3.66. The summed E-state index contributed by atoms with van der Waals surface area (Å²) < 4.78 is 3.60. The number of fused-ring (bicyclic) bond motifs is 1. The Morgan fingerprint density at radius 1 is 1.09 bits per heavy atom. The lowest BCUT2D eigenvalue weighted by Crippen LogP contribution is -2.48. The minimum atomic E-state index is -0.274. The van der Waals surface area contributed by atoms with E-state index in [0.29, 0.717) is 31.7 Å². The second-order valence-electron chi connectivity index (χ2n) is 7.86. The Morgan fingerprint density at radius 3 is 2.55 bits per heavy atom. The van der Waals surface area contributed by atoms with E-state index in [9.17, 15) is 10.1 Å². The smallest absolute Gasteiger partial charge is 0.298 e. The van der Waals surface area contributed by atoms with Gasteiger partial charge in [0.2, 0.25) is 0 Å². The molecule has 0 saturated carbocycles. The molecule has 0 radical (unpaired) electrons. The lowest BCUT2D eigenvalue weighted by atomic mass is 10.0. The van der Waals surface area contributed by atoms with Crippen LogP contribution in [0.25, 0.3) is 27.9 Å². The zero-order chi connectivity index (χ0) is 22.9. The van der Waals surface area contributed by atoms with Crippen LogP contribution in [0.1, 0.15) is 5.56 Å². The van der Waals surface area contributed by atoms with Crippen molar-refractivity contribution < 1.29 is 4.79 Å². The van der Waals surface area contributed by atoms with E-state index < -0.39 is 0 Å². The van der Waals surface area contributed by atoms with Crippen LogP contribution in [0, 0.1) is 23.7 Å². The van der Waals surface area contributed by atoms with E-state index in [-0.39, 0.29) is 5.91 Å². The van der Waals surface area contributed by atoms with Crippen LogP contribution < -0.4 is 4.90 Å². The highest BCUT2D eigenvalue weighted by Gasteiger charge is 2.21. The van der Waals surface area contributed by atoms with Crippen molar-refractivity contribution in [2.24, 2.45) is 7.05 Å². The van der Waals surface area contributed by atoms with Crippen LogP contribution in [0.2, 0.25) is 0 Å². The van der Waals surface area contributed by atoms with Gasteiger partial charge in [0.05, 0.1) is 29.3 Å². The summed E-state index contributed by atoms with van der Waals surface area (Å²) in [5, 5.41) is 14.0. The Bertz CT molecular complexity index is 1430. The molecule has 0 unspecified atom stereocenters. The molecule has 0 aromatic carbocycles. The summed E-state index contributed by atoms with van der Waals surface area (Å²) in [5.74, 6) is 2.73. The largest absolute Gasteiger partial charge is 0.353 e. The van der Waals surface area contributed by atoms with E-state index in [1.807, 2.05) is 42.2 Å². The molecule has 9 nitrogen and oxygen atoms in total. The van der Waals surface area contributed by atoms with Crippen LogP contribution in [-0.2, 0) is 11.8 Å². The van der Waals surface area contributed by atoms with Gasteiger partial charge in [0.1, 0.15) is 11.9 Å². The van der Waals surface area contributed by atoms with E-state index in [4.69, 9.17) is 6.42 Å². The molecule has 0 N–H and O–H groups in total. The lowest BCUT2D eigenvalue weighted by Gasteiger charge is -2.34. The predicted molar refractivity (Wildman–Crippen MR) is 123 cm³/mol. The maximum absolute atomic E-state index is 11.7. The van der Waals surface area contributed by atoms with E-state index >= 15 is 0 Å². The summed E-state index contributed by atoms with van der Waals surface area (Å²) in [5.41, 5.74) is 4.67. The molecule has 0 spiro atoms. The molecule has 1 aliphatic heterocycles. The summed E-state index contributed by atoms with van der Waals surface area (Å²) in [4.78, 5) is 24.6. The third-order valence-corrected chi connectivity index (χ3v) is 5.81. The Morgan fingerprint density at radius 2 is 1.91 bits per heavy atom. The number of nitrogens with zero attached hydrogens (tertiary/aromatic N) is 8. The number of rotatable bonds is 3. The number of hydrogen-bond donors (Lipinski definition) is 0. The molecule has 33 heavy (non-hydrogen) atoms. The Labute approximate surface area is 190 Å². The van der Waals surface area contributed by atoms with Gasteiger partial charge in [0.25, 0.3) is 5.91 Å². The minimum Gasteiger partial charge on any atom is -0.353 e. The van der Waals surface area contributed by atoms with Crippen molar-refractivity contribution in [3.05, 3.63) is 54.9 Å². The first-order chi connectivity index (χ1) is 16.1. The minimum absolute atomic E-state index is 0.274. The highest BCUT2D eigenvalue weighted by atomic mass is 16.2. The zero-order valence-electron chi connectivity index (χ0n) is 18.0. The van der Waals surface area contributed by atoms with Gasteiger partial charge in [-0.3, -0.25) is 4.79 Å². The molecule has 1 amide bonds. The summed E-state index contributed by atoms with van der Waals surface area (Å²) in [7, 11) is 1.92. The van der Waals surface area contributed by atoms with Crippen molar-refractivity contribution in [2.75, 3.05) is 31.1 Å².